The second kappa shape index (κ2) is 7.80. The number of rotatable bonds is 4. The van der Waals surface area contributed by atoms with E-state index in [1.165, 1.54) is 0 Å². The summed E-state index contributed by atoms with van der Waals surface area (Å²) in [6.45, 7) is 7.05. The first kappa shape index (κ1) is 15.5. The molecular weight excluding hydrogens is 242 g/mol. The molecule has 2 amide bonds. The van der Waals surface area contributed by atoms with Crippen molar-refractivity contribution in [3.05, 3.63) is 0 Å². The molecule has 0 aliphatic carbocycles. The number of terminal acetylenes is 1. The number of carbonyl (C=O) groups is 2. The molecule has 1 N–H and O–H groups in total. The molecule has 1 saturated heterocycles. The van der Waals surface area contributed by atoms with E-state index in [1.807, 2.05) is 18.7 Å². The summed E-state index contributed by atoms with van der Waals surface area (Å²) in [5, 5.41) is 2.70. The van der Waals surface area contributed by atoms with E-state index in [1.54, 1.807) is 0 Å². The zero-order valence-corrected chi connectivity index (χ0v) is 11.8. The Kier molecular flexibility index (Phi) is 6.37. The molecule has 19 heavy (non-hydrogen) atoms. The van der Waals surface area contributed by atoms with E-state index in [9.17, 15) is 9.59 Å². The minimum Gasteiger partial charge on any atom is -0.344 e. The van der Waals surface area contributed by atoms with Gasteiger partial charge in [-0.1, -0.05) is 12.8 Å². The van der Waals surface area contributed by atoms with Crippen molar-refractivity contribution in [2.75, 3.05) is 32.7 Å². The quantitative estimate of drug-likeness (QED) is 0.732. The van der Waals surface area contributed by atoms with Crippen LogP contribution in [-0.4, -0.2) is 60.4 Å². The molecule has 5 nitrogen and oxygen atoms in total. The van der Waals surface area contributed by atoms with E-state index >= 15 is 0 Å². The number of hydrogen-bond acceptors (Lipinski definition) is 3. The maximum atomic E-state index is 11.9. The smallest absolute Gasteiger partial charge is 0.237 e. The fraction of sp³-hybridized carbons (Fsp3) is 0.714. The highest BCUT2D eigenvalue weighted by atomic mass is 16.2. The number of amides is 2. The number of nitrogens with zero attached hydrogens (tertiary/aromatic N) is 2. The van der Waals surface area contributed by atoms with E-state index in [4.69, 9.17) is 6.42 Å². The summed E-state index contributed by atoms with van der Waals surface area (Å²) in [6.07, 6.45) is 6.57. The molecule has 1 atom stereocenters. The maximum Gasteiger partial charge on any atom is 0.237 e. The molecule has 5 heteroatoms. The summed E-state index contributed by atoms with van der Waals surface area (Å²) in [6, 6.07) is -0.204. The monoisotopic (exact) mass is 265 g/mol. The lowest BCUT2D eigenvalue weighted by Gasteiger charge is -2.26. The van der Waals surface area contributed by atoms with Crippen LogP contribution >= 0.6 is 0 Å². The summed E-state index contributed by atoms with van der Waals surface area (Å²) in [5.41, 5.74) is 0. The van der Waals surface area contributed by atoms with Crippen molar-refractivity contribution < 1.29 is 9.59 Å². The summed E-state index contributed by atoms with van der Waals surface area (Å²) in [5.74, 6) is 2.53. The van der Waals surface area contributed by atoms with Crippen LogP contribution in [-0.2, 0) is 9.59 Å². The molecule has 0 radical (unpaired) electrons. The summed E-state index contributed by atoms with van der Waals surface area (Å²) >= 11 is 0. The Morgan fingerprint density at radius 3 is 2.68 bits per heavy atom. The van der Waals surface area contributed by atoms with Gasteiger partial charge in [-0.3, -0.25) is 14.5 Å². The zero-order chi connectivity index (χ0) is 14.3. The predicted molar refractivity (Wildman–Crippen MR) is 74.4 cm³/mol. The van der Waals surface area contributed by atoms with Gasteiger partial charge < -0.3 is 10.2 Å². The Balaban J connectivity index is 2.50. The standard InChI is InChI=1S/C14H23N3O2/c1-4-7-15-14(19)12(3)16-8-6-9-17(11-10-16)13(18)5-2/h1,12H,5-11H2,2-3H3,(H,15,19). The van der Waals surface area contributed by atoms with Crippen molar-refractivity contribution in [1.82, 2.24) is 15.1 Å². The summed E-state index contributed by atoms with van der Waals surface area (Å²) in [7, 11) is 0. The van der Waals surface area contributed by atoms with Crippen LogP contribution in [0.25, 0.3) is 0 Å². The van der Waals surface area contributed by atoms with Crippen LogP contribution in [0.5, 0.6) is 0 Å². The van der Waals surface area contributed by atoms with Crippen molar-refractivity contribution in [3.8, 4) is 12.3 Å². The molecule has 0 saturated carbocycles. The lowest BCUT2D eigenvalue weighted by molar-refractivity contribution is -0.130. The van der Waals surface area contributed by atoms with Crippen LogP contribution in [0.2, 0.25) is 0 Å². The Bertz CT molecular complexity index is 362. The Hall–Kier alpha value is -1.54. The van der Waals surface area contributed by atoms with Crippen molar-refractivity contribution in [2.24, 2.45) is 0 Å². The van der Waals surface area contributed by atoms with E-state index in [0.29, 0.717) is 13.0 Å². The van der Waals surface area contributed by atoms with Gasteiger partial charge in [-0.25, -0.2) is 0 Å². The largest absolute Gasteiger partial charge is 0.344 e. The third-order valence-electron chi connectivity index (χ3n) is 3.48. The molecule has 1 aliphatic rings. The predicted octanol–water partition coefficient (Wildman–Crippen LogP) is 0.0686. The topological polar surface area (TPSA) is 52.7 Å². The van der Waals surface area contributed by atoms with E-state index in [0.717, 1.165) is 26.1 Å². The highest BCUT2D eigenvalue weighted by molar-refractivity contribution is 5.81. The highest BCUT2D eigenvalue weighted by Crippen LogP contribution is 2.08. The van der Waals surface area contributed by atoms with Gasteiger partial charge in [-0.05, 0) is 13.3 Å². The van der Waals surface area contributed by atoms with Crippen LogP contribution in [0.3, 0.4) is 0 Å². The van der Waals surface area contributed by atoms with E-state index < -0.39 is 0 Å². The molecule has 1 heterocycles. The van der Waals surface area contributed by atoms with Gasteiger partial charge in [-0.15, -0.1) is 6.42 Å². The molecule has 0 aromatic heterocycles. The molecule has 106 valence electrons. The second-order valence-corrected chi connectivity index (χ2v) is 4.72. The van der Waals surface area contributed by atoms with Crippen LogP contribution in [0.15, 0.2) is 0 Å². The van der Waals surface area contributed by atoms with Crippen molar-refractivity contribution in [3.63, 3.8) is 0 Å². The van der Waals surface area contributed by atoms with Gasteiger partial charge in [0.2, 0.25) is 11.8 Å². The number of nitrogens with one attached hydrogen (secondary N) is 1. The number of carbonyl (C=O) groups excluding carboxylic acids is 2. The molecule has 1 fully saturated rings. The molecule has 0 aromatic carbocycles. The zero-order valence-electron chi connectivity index (χ0n) is 11.8. The Morgan fingerprint density at radius 2 is 2.05 bits per heavy atom. The van der Waals surface area contributed by atoms with E-state index in [2.05, 4.69) is 16.1 Å². The maximum absolute atomic E-state index is 11.9. The average molecular weight is 265 g/mol. The minimum atomic E-state index is -0.204. The van der Waals surface area contributed by atoms with Crippen molar-refractivity contribution in [2.45, 2.75) is 32.7 Å². The first-order valence-corrected chi connectivity index (χ1v) is 6.83. The molecule has 0 spiro atoms. The lowest BCUT2D eigenvalue weighted by Crippen LogP contribution is -2.46. The number of hydrogen-bond donors (Lipinski definition) is 1. The van der Waals surface area contributed by atoms with Gasteiger partial charge in [0.05, 0.1) is 12.6 Å². The first-order chi connectivity index (χ1) is 9.10. The van der Waals surface area contributed by atoms with Gasteiger partial charge in [0.15, 0.2) is 0 Å². The van der Waals surface area contributed by atoms with Crippen LogP contribution in [0.4, 0.5) is 0 Å². The summed E-state index contributed by atoms with van der Waals surface area (Å²) < 4.78 is 0. The fourth-order valence-electron chi connectivity index (χ4n) is 2.25. The molecule has 1 unspecified atom stereocenters. The third kappa shape index (κ3) is 4.56. The third-order valence-corrected chi connectivity index (χ3v) is 3.48. The average Bonchev–Trinajstić information content (AvgIpc) is 2.68. The molecular formula is C14H23N3O2. The Labute approximate surface area is 115 Å². The van der Waals surface area contributed by atoms with Crippen LogP contribution in [0.1, 0.15) is 26.7 Å². The summed E-state index contributed by atoms with van der Waals surface area (Å²) in [4.78, 5) is 27.5. The van der Waals surface area contributed by atoms with Crippen molar-refractivity contribution >= 4 is 11.8 Å². The van der Waals surface area contributed by atoms with Gasteiger partial charge in [0.25, 0.3) is 0 Å². The fourth-order valence-corrected chi connectivity index (χ4v) is 2.25. The van der Waals surface area contributed by atoms with Crippen LogP contribution in [0, 0.1) is 12.3 Å². The van der Waals surface area contributed by atoms with Gasteiger partial charge >= 0.3 is 0 Å². The van der Waals surface area contributed by atoms with E-state index in [-0.39, 0.29) is 24.4 Å². The minimum absolute atomic E-state index is 0.0479. The molecule has 0 bridgehead atoms. The lowest BCUT2D eigenvalue weighted by atomic mass is 10.2. The van der Waals surface area contributed by atoms with Gasteiger partial charge in [0.1, 0.15) is 0 Å². The van der Waals surface area contributed by atoms with Crippen LogP contribution < -0.4 is 5.32 Å². The van der Waals surface area contributed by atoms with Gasteiger partial charge in [0, 0.05) is 32.6 Å². The Morgan fingerprint density at radius 1 is 1.32 bits per heavy atom. The highest BCUT2D eigenvalue weighted by Gasteiger charge is 2.24. The SMILES string of the molecule is C#CCNC(=O)C(C)N1CCCN(C(=O)CC)CC1. The first-order valence-electron chi connectivity index (χ1n) is 6.83. The second-order valence-electron chi connectivity index (χ2n) is 4.72. The normalized spacial score (nSPS) is 18.3. The van der Waals surface area contributed by atoms with Gasteiger partial charge in [-0.2, -0.15) is 0 Å². The van der Waals surface area contributed by atoms with Crippen molar-refractivity contribution in [1.29, 1.82) is 0 Å². The molecule has 1 rings (SSSR count). The molecule has 0 aromatic rings. The molecule has 1 aliphatic heterocycles.